The van der Waals surface area contributed by atoms with Gasteiger partial charge in [-0.3, -0.25) is 9.59 Å². The number of rotatable bonds is 3. The van der Waals surface area contributed by atoms with Crippen molar-refractivity contribution in [3.63, 3.8) is 0 Å². The third-order valence-electron chi connectivity index (χ3n) is 1.33. The van der Waals surface area contributed by atoms with Gasteiger partial charge in [-0.2, -0.15) is 0 Å². The van der Waals surface area contributed by atoms with Crippen molar-refractivity contribution < 1.29 is 9.90 Å². The van der Waals surface area contributed by atoms with Crippen molar-refractivity contribution in [2.24, 2.45) is 0 Å². The maximum atomic E-state index is 10.7. The Bertz CT molecular complexity index is 331. The number of aromatic nitrogens is 2. The van der Waals surface area contributed by atoms with E-state index in [1.54, 1.807) is 0 Å². The van der Waals surface area contributed by atoms with Crippen molar-refractivity contribution in [1.82, 2.24) is 9.97 Å². The Morgan fingerprint density at radius 3 is 3.00 bits per heavy atom. The van der Waals surface area contributed by atoms with Gasteiger partial charge in [0.05, 0.1) is 12.7 Å². The first-order valence-electron chi connectivity index (χ1n) is 3.44. The van der Waals surface area contributed by atoms with Gasteiger partial charge in [0.15, 0.2) is 0 Å². The summed E-state index contributed by atoms with van der Waals surface area (Å²) in [5.74, 6) is -0.892. The van der Waals surface area contributed by atoms with Crippen LogP contribution in [0.2, 0.25) is 0 Å². The van der Waals surface area contributed by atoms with E-state index in [1.165, 1.54) is 12.4 Å². The molecule has 12 heavy (non-hydrogen) atoms. The quantitative estimate of drug-likeness (QED) is 0.654. The number of nitrogens with zero attached hydrogens (tertiary/aromatic N) is 1. The predicted molar refractivity (Wildman–Crippen MR) is 40.8 cm³/mol. The van der Waals surface area contributed by atoms with Crippen LogP contribution in [-0.4, -0.2) is 21.0 Å². The minimum atomic E-state index is -0.892. The molecule has 0 unspecified atom stereocenters. The van der Waals surface area contributed by atoms with Crippen LogP contribution < -0.4 is 5.56 Å². The third-order valence-corrected chi connectivity index (χ3v) is 1.33. The maximum absolute atomic E-state index is 10.7. The van der Waals surface area contributed by atoms with Crippen molar-refractivity contribution in [2.75, 3.05) is 0 Å². The number of carboxylic acids is 1. The number of carbonyl (C=O) groups is 1. The molecule has 1 rings (SSSR count). The molecule has 0 amide bonds. The van der Waals surface area contributed by atoms with E-state index in [4.69, 9.17) is 5.11 Å². The molecule has 0 aliphatic heterocycles. The molecule has 0 atom stereocenters. The van der Waals surface area contributed by atoms with E-state index >= 15 is 0 Å². The smallest absolute Gasteiger partial charge is 0.303 e. The number of aliphatic carboxylic acids is 1. The van der Waals surface area contributed by atoms with E-state index in [1.807, 2.05) is 0 Å². The van der Waals surface area contributed by atoms with Gasteiger partial charge in [0, 0.05) is 18.2 Å². The molecule has 0 aliphatic rings. The Hall–Kier alpha value is -1.65. The zero-order valence-corrected chi connectivity index (χ0v) is 6.28. The van der Waals surface area contributed by atoms with E-state index in [2.05, 4.69) is 9.97 Å². The van der Waals surface area contributed by atoms with Crippen LogP contribution >= 0.6 is 0 Å². The molecule has 0 aliphatic carbocycles. The van der Waals surface area contributed by atoms with Crippen molar-refractivity contribution in [3.8, 4) is 0 Å². The van der Waals surface area contributed by atoms with Crippen LogP contribution in [0.5, 0.6) is 0 Å². The number of H-pyrrole nitrogens is 1. The molecule has 64 valence electrons. The Kier molecular flexibility index (Phi) is 2.57. The highest BCUT2D eigenvalue weighted by Gasteiger charge is 1.99. The second-order valence-electron chi connectivity index (χ2n) is 2.30. The fourth-order valence-electron chi connectivity index (χ4n) is 0.781. The highest BCUT2D eigenvalue weighted by atomic mass is 16.4. The summed E-state index contributed by atoms with van der Waals surface area (Å²) >= 11 is 0. The van der Waals surface area contributed by atoms with Crippen LogP contribution in [0.3, 0.4) is 0 Å². The van der Waals surface area contributed by atoms with Gasteiger partial charge in [0.2, 0.25) is 0 Å². The van der Waals surface area contributed by atoms with Crippen molar-refractivity contribution in [2.45, 2.75) is 12.8 Å². The van der Waals surface area contributed by atoms with E-state index in [-0.39, 0.29) is 12.0 Å². The largest absolute Gasteiger partial charge is 0.481 e. The summed E-state index contributed by atoms with van der Waals surface area (Å²) in [6.07, 6.45) is 1.55. The first-order valence-corrected chi connectivity index (χ1v) is 3.44. The van der Waals surface area contributed by atoms with Gasteiger partial charge in [-0.1, -0.05) is 0 Å². The van der Waals surface area contributed by atoms with Crippen LogP contribution in [0.25, 0.3) is 0 Å². The lowest BCUT2D eigenvalue weighted by Crippen LogP contribution is -2.08. The number of hydrogen-bond acceptors (Lipinski definition) is 3. The summed E-state index contributed by atoms with van der Waals surface area (Å²) in [5, 5.41) is 8.33. The van der Waals surface area contributed by atoms with Gasteiger partial charge in [-0.15, -0.1) is 0 Å². The zero-order chi connectivity index (χ0) is 8.97. The van der Waals surface area contributed by atoms with Crippen LogP contribution in [0, 0.1) is 0 Å². The monoisotopic (exact) mass is 168 g/mol. The van der Waals surface area contributed by atoms with E-state index < -0.39 is 5.97 Å². The number of aromatic amines is 1. The summed E-state index contributed by atoms with van der Waals surface area (Å²) in [5.41, 5.74) is 0.242. The number of aryl methyl sites for hydroxylation is 1. The van der Waals surface area contributed by atoms with Crippen molar-refractivity contribution in [1.29, 1.82) is 0 Å². The van der Waals surface area contributed by atoms with Gasteiger partial charge in [-0.05, 0) is 0 Å². The summed E-state index contributed by atoms with van der Waals surface area (Å²) in [6.45, 7) is 0. The Balaban J connectivity index is 2.64. The highest BCUT2D eigenvalue weighted by molar-refractivity contribution is 5.66. The Morgan fingerprint density at radius 2 is 2.42 bits per heavy atom. The van der Waals surface area contributed by atoms with E-state index in [9.17, 15) is 9.59 Å². The van der Waals surface area contributed by atoms with Gasteiger partial charge < -0.3 is 10.1 Å². The minimum absolute atomic E-state index is 0.00352. The first kappa shape index (κ1) is 8.45. The normalized spacial score (nSPS) is 9.67. The predicted octanol–water partition coefficient (Wildman–Crippen LogP) is -0.213. The molecule has 0 saturated carbocycles. The zero-order valence-electron chi connectivity index (χ0n) is 6.28. The van der Waals surface area contributed by atoms with Crippen LogP contribution in [0.1, 0.15) is 12.1 Å². The van der Waals surface area contributed by atoms with Crippen molar-refractivity contribution in [3.05, 3.63) is 28.4 Å². The van der Waals surface area contributed by atoms with Crippen LogP contribution in [-0.2, 0) is 11.2 Å². The van der Waals surface area contributed by atoms with Gasteiger partial charge >= 0.3 is 5.97 Å². The molecule has 5 nitrogen and oxygen atoms in total. The molecule has 1 aromatic rings. The lowest BCUT2D eigenvalue weighted by molar-refractivity contribution is -0.136. The fourth-order valence-corrected chi connectivity index (χ4v) is 0.781. The average Bonchev–Trinajstić information content (AvgIpc) is 2.01. The topological polar surface area (TPSA) is 83.0 Å². The molecular weight excluding hydrogens is 160 g/mol. The maximum Gasteiger partial charge on any atom is 0.303 e. The standard InChI is InChI=1S/C7H8N2O3/c10-6-3-5(8-4-9-6)1-2-7(11)12/h3-4H,1-2H2,(H,11,12)(H,8,9,10). The molecule has 0 spiro atoms. The summed E-state index contributed by atoms with van der Waals surface area (Å²) in [6, 6.07) is 1.29. The molecular formula is C7H8N2O3. The van der Waals surface area contributed by atoms with E-state index in [0.29, 0.717) is 12.1 Å². The molecule has 0 aromatic carbocycles. The average molecular weight is 168 g/mol. The Labute approximate surface area is 68.1 Å². The molecule has 1 aromatic heterocycles. The summed E-state index contributed by atoms with van der Waals surface area (Å²) < 4.78 is 0. The second kappa shape index (κ2) is 3.66. The number of nitrogens with one attached hydrogen (secondary N) is 1. The molecule has 0 radical (unpaired) electrons. The summed E-state index contributed by atoms with van der Waals surface area (Å²) in [7, 11) is 0. The van der Waals surface area contributed by atoms with Gasteiger partial charge in [0.25, 0.3) is 5.56 Å². The highest BCUT2D eigenvalue weighted by Crippen LogP contribution is 1.93. The van der Waals surface area contributed by atoms with Crippen LogP contribution in [0.4, 0.5) is 0 Å². The number of carboxylic acid groups (broad SMARTS) is 1. The lowest BCUT2D eigenvalue weighted by atomic mass is 10.2. The molecule has 5 heteroatoms. The Morgan fingerprint density at radius 1 is 1.67 bits per heavy atom. The second-order valence-corrected chi connectivity index (χ2v) is 2.30. The molecule has 0 saturated heterocycles. The van der Waals surface area contributed by atoms with Crippen LogP contribution in [0.15, 0.2) is 17.2 Å². The molecule has 0 bridgehead atoms. The number of hydrogen-bond donors (Lipinski definition) is 2. The molecule has 1 heterocycles. The van der Waals surface area contributed by atoms with Gasteiger partial charge in [-0.25, -0.2) is 4.98 Å². The van der Waals surface area contributed by atoms with Crippen molar-refractivity contribution >= 4 is 5.97 Å². The third kappa shape index (κ3) is 2.53. The lowest BCUT2D eigenvalue weighted by Gasteiger charge is -1.94. The fraction of sp³-hybridized carbons (Fsp3) is 0.286. The molecule has 0 fully saturated rings. The van der Waals surface area contributed by atoms with Gasteiger partial charge in [0.1, 0.15) is 0 Å². The summed E-state index contributed by atoms with van der Waals surface area (Å²) in [4.78, 5) is 27.0. The first-order chi connectivity index (χ1) is 5.68. The van der Waals surface area contributed by atoms with E-state index in [0.717, 1.165) is 0 Å². The SMILES string of the molecule is O=C(O)CCc1cc(=O)[nH]cn1. The molecule has 2 N–H and O–H groups in total. The minimum Gasteiger partial charge on any atom is -0.481 e.